The lowest BCUT2D eigenvalue weighted by Gasteiger charge is -2.23. The number of halogens is 1. The van der Waals surface area contributed by atoms with Crippen molar-refractivity contribution in [2.45, 2.75) is 38.8 Å². The highest BCUT2D eigenvalue weighted by Crippen LogP contribution is 2.33. The van der Waals surface area contributed by atoms with Crippen LogP contribution in [0, 0.1) is 0 Å². The van der Waals surface area contributed by atoms with Gasteiger partial charge in [0.25, 0.3) is 0 Å². The Morgan fingerprint density at radius 1 is 1.41 bits per heavy atom. The third kappa shape index (κ3) is 2.65. The van der Waals surface area contributed by atoms with Crippen LogP contribution in [-0.4, -0.2) is 42.0 Å². The normalized spacial score (nSPS) is 20.7. The third-order valence-electron chi connectivity index (χ3n) is 4.32. The van der Waals surface area contributed by atoms with Gasteiger partial charge in [0, 0.05) is 30.6 Å². The van der Waals surface area contributed by atoms with Gasteiger partial charge in [-0.2, -0.15) is 0 Å². The van der Waals surface area contributed by atoms with Gasteiger partial charge in [-0.1, -0.05) is 17.7 Å². The van der Waals surface area contributed by atoms with Crippen LogP contribution in [0.5, 0.6) is 0 Å². The number of fused-ring (bicyclic) bond motifs is 1. The Kier molecular flexibility index (Phi) is 4.00. The van der Waals surface area contributed by atoms with Gasteiger partial charge in [0.15, 0.2) is 0 Å². The van der Waals surface area contributed by atoms with Gasteiger partial charge in [-0.15, -0.1) is 0 Å². The lowest BCUT2D eigenvalue weighted by molar-refractivity contribution is -0.129. The van der Waals surface area contributed by atoms with Crippen LogP contribution in [-0.2, 0) is 11.2 Å². The number of nitrogens with one attached hydrogen (secondary N) is 1. The van der Waals surface area contributed by atoms with Crippen LogP contribution in [0.2, 0.25) is 5.02 Å². The summed E-state index contributed by atoms with van der Waals surface area (Å²) in [4.78, 5) is 27.9. The van der Waals surface area contributed by atoms with Crippen molar-refractivity contribution in [1.29, 1.82) is 0 Å². The molecule has 2 aliphatic heterocycles. The maximum atomic E-state index is 12.5. The lowest BCUT2D eigenvalue weighted by Crippen LogP contribution is -2.45. The molecule has 0 aromatic heterocycles. The van der Waals surface area contributed by atoms with Crippen LogP contribution < -0.4 is 10.2 Å². The predicted octanol–water partition coefficient (Wildman–Crippen LogP) is 2.42. The summed E-state index contributed by atoms with van der Waals surface area (Å²) in [5, 5.41) is 3.68. The van der Waals surface area contributed by atoms with E-state index in [2.05, 4.69) is 5.32 Å². The summed E-state index contributed by atoms with van der Waals surface area (Å²) < 4.78 is 0. The Morgan fingerprint density at radius 2 is 2.18 bits per heavy atom. The molecular formula is C16H20ClN3O2. The van der Waals surface area contributed by atoms with E-state index in [0.29, 0.717) is 24.5 Å². The quantitative estimate of drug-likeness (QED) is 0.909. The molecule has 1 fully saturated rings. The minimum atomic E-state index is -0.149. The van der Waals surface area contributed by atoms with Crippen LogP contribution in [0.25, 0.3) is 0 Å². The zero-order valence-corrected chi connectivity index (χ0v) is 13.6. The highest BCUT2D eigenvalue weighted by Gasteiger charge is 2.34. The first-order valence-electron chi connectivity index (χ1n) is 7.62. The molecule has 5 nitrogen and oxygen atoms in total. The van der Waals surface area contributed by atoms with E-state index in [0.717, 1.165) is 17.7 Å². The molecule has 3 amide bonds. The number of benzene rings is 1. The van der Waals surface area contributed by atoms with Crippen molar-refractivity contribution in [2.24, 2.45) is 0 Å². The Hall–Kier alpha value is -1.75. The van der Waals surface area contributed by atoms with E-state index in [-0.39, 0.29) is 24.0 Å². The zero-order chi connectivity index (χ0) is 15.9. The summed E-state index contributed by atoms with van der Waals surface area (Å²) >= 11 is 6.17. The molecule has 1 saturated heterocycles. The number of carbonyl (C=O) groups excluding carboxylic acids is 2. The second kappa shape index (κ2) is 5.80. The van der Waals surface area contributed by atoms with E-state index in [4.69, 9.17) is 11.6 Å². The second-order valence-corrected chi connectivity index (χ2v) is 6.54. The van der Waals surface area contributed by atoms with Crippen LogP contribution in [0.1, 0.15) is 25.8 Å². The first kappa shape index (κ1) is 15.2. The Labute approximate surface area is 135 Å². The van der Waals surface area contributed by atoms with E-state index in [9.17, 15) is 9.59 Å². The number of anilines is 1. The second-order valence-electron chi connectivity index (χ2n) is 6.13. The topological polar surface area (TPSA) is 52.7 Å². The van der Waals surface area contributed by atoms with E-state index in [1.54, 1.807) is 9.80 Å². The Bertz CT molecular complexity index is 617. The van der Waals surface area contributed by atoms with Crippen molar-refractivity contribution in [3.05, 3.63) is 28.8 Å². The minimum Gasteiger partial charge on any atom is -0.338 e. The first-order chi connectivity index (χ1) is 10.5. The maximum absolute atomic E-state index is 12.5. The Morgan fingerprint density at radius 3 is 2.86 bits per heavy atom. The molecule has 0 radical (unpaired) electrons. The van der Waals surface area contributed by atoms with Crippen molar-refractivity contribution in [1.82, 2.24) is 10.2 Å². The highest BCUT2D eigenvalue weighted by molar-refractivity contribution is 6.32. The summed E-state index contributed by atoms with van der Waals surface area (Å²) in [5.41, 5.74) is 1.89. The van der Waals surface area contributed by atoms with Gasteiger partial charge in [0.1, 0.15) is 0 Å². The summed E-state index contributed by atoms with van der Waals surface area (Å²) in [7, 11) is 0. The van der Waals surface area contributed by atoms with Crippen molar-refractivity contribution in [2.75, 3.05) is 18.0 Å². The molecule has 1 aromatic rings. The Balaban J connectivity index is 1.68. The van der Waals surface area contributed by atoms with Crippen LogP contribution >= 0.6 is 11.6 Å². The van der Waals surface area contributed by atoms with Gasteiger partial charge in [-0.25, -0.2) is 4.79 Å². The minimum absolute atomic E-state index is 0.102. The summed E-state index contributed by atoms with van der Waals surface area (Å²) in [6, 6.07) is 5.51. The SMILES string of the molecule is CC(C)N1CC(NC(=O)N2CCc3c(Cl)cccc32)CC1=O. The molecule has 2 heterocycles. The van der Waals surface area contributed by atoms with Crippen LogP contribution in [0.3, 0.4) is 0 Å². The van der Waals surface area contributed by atoms with E-state index in [1.807, 2.05) is 32.0 Å². The predicted molar refractivity (Wildman–Crippen MR) is 86.3 cm³/mol. The van der Waals surface area contributed by atoms with Crippen molar-refractivity contribution >= 4 is 29.2 Å². The van der Waals surface area contributed by atoms with Crippen LogP contribution in [0.4, 0.5) is 10.5 Å². The fourth-order valence-electron chi connectivity index (χ4n) is 3.18. The smallest absolute Gasteiger partial charge is 0.322 e. The average molecular weight is 322 g/mol. The molecule has 22 heavy (non-hydrogen) atoms. The number of carbonyl (C=O) groups is 2. The molecule has 2 aliphatic rings. The van der Waals surface area contributed by atoms with Crippen LogP contribution in [0.15, 0.2) is 18.2 Å². The molecule has 0 spiro atoms. The van der Waals surface area contributed by atoms with Gasteiger partial charge in [-0.05, 0) is 38.0 Å². The molecule has 0 bridgehead atoms. The fraction of sp³-hybridized carbons (Fsp3) is 0.500. The molecular weight excluding hydrogens is 302 g/mol. The molecule has 6 heteroatoms. The van der Waals surface area contributed by atoms with E-state index >= 15 is 0 Å². The number of amides is 3. The number of likely N-dealkylation sites (tertiary alicyclic amines) is 1. The lowest BCUT2D eigenvalue weighted by atomic mass is 10.2. The molecule has 0 saturated carbocycles. The van der Waals surface area contributed by atoms with Gasteiger partial charge in [0.05, 0.1) is 11.7 Å². The molecule has 1 N–H and O–H groups in total. The average Bonchev–Trinajstić information content (AvgIpc) is 3.03. The molecule has 3 rings (SSSR count). The van der Waals surface area contributed by atoms with Gasteiger partial charge >= 0.3 is 6.03 Å². The molecule has 0 aliphatic carbocycles. The molecule has 1 aromatic carbocycles. The highest BCUT2D eigenvalue weighted by atomic mass is 35.5. The number of hydrogen-bond donors (Lipinski definition) is 1. The monoisotopic (exact) mass is 321 g/mol. The molecule has 1 atom stereocenters. The number of nitrogens with zero attached hydrogens (tertiary/aromatic N) is 2. The number of hydrogen-bond acceptors (Lipinski definition) is 2. The fourth-order valence-corrected chi connectivity index (χ4v) is 3.45. The maximum Gasteiger partial charge on any atom is 0.322 e. The molecule has 1 unspecified atom stereocenters. The summed E-state index contributed by atoms with van der Waals surface area (Å²) in [5.74, 6) is 0.102. The first-order valence-corrected chi connectivity index (χ1v) is 8.00. The number of urea groups is 1. The van der Waals surface area contributed by atoms with Gasteiger partial charge in [0.2, 0.25) is 5.91 Å². The van der Waals surface area contributed by atoms with Crippen molar-refractivity contribution in [3.8, 4) is 0 Å². The summed E-state index contributed by atoms with van der Waals surface area (Å²) in [6.07, 6.45) is 1.14. The van der Waals surface area contributed by atoms with Crippen molar-refractivity contribution in [3.63, 3.8) is 0 Å². The zero-order valence-electron chi connectivity index (χ0n) is 12.8. The van der Waals surface area contributed by atoms with Gasteiger partial charge in [-0.3, -0.25) is 9.69 Å². The molecule has 118 valence electrons. The van der Waals surface area contributed by atoms with E-state index in [1.165, 1.54) is 0 Å². The standard InChI is InChI=1S/C16H20ClN3O2/c1-10(2)20-9-11(8-15(20)21)18-16(22)19-7-6-12-13(17)4-3-5-14(12)19/h3-5,10-11H,6-9H2,1-2H3,(H,18,22). The van der Waals surface area contributed by atoms with E-state index < -0.39 is 0 Å². The van der Waals surface area contributed by atoms with Crippen molar-refractivity contribution < 1.29 is 9.59 Å². The number of rotatable bonds is 2. The largest absolute Gasteiger partial charge is 0.338 e. The van der Waals surface area contributed by atoms with Gasteiger partial charge < -0.3 is 10.2 Å². The third-order valence-corrected chi connectivity index (χ3v) is 4.68. The summed E-state index contributed by atoms with van der Waals surface area (Å²) in [6.45, 7) is 5.18.